The maximum Gasteiger partial charge on any atom is 0.00169 e. The molecule has 0 aliphatic rings. The SMILES string of the molecule is [CH2]CC(S)CCC(C)C. The molecule has 0 rings (SSSR count). The van der Waals surface area contributed by atoms with Crippen LogP contribution in [-0.4, -0.2) is 5.25 Å². The van der Waals surface area contributed by atoms with Crippen LogP contribution in [0.15, 0.2) is 0 Å². The molecule has 0 spiro atoms. The molecule has 0 heterocycles. The highest BCUT2D eigenvalue weighted by atomic mass is 32.1. The van der Waals surface area contributed by atoms with Crippen molar-refractivity contribution < 1.29 is 0 Å². The second-order valence-corrected chi connectivity index (χ2v) is 3.64. The summed E-state index contributed by atoms with van der Waals surface area (Å²) in [6.45, 7) is 8.27. The largest absolute Gasteiger partial charge is 0.176 e. The van der Waals surface area contributed by atoms with E-state index in [0.29, 0.717) is 5.25 Å². The molecule has 0 bridgehead atoms. The van der Waals surface area contributed by atoms with Crippen molar-refractivity contribution in [2.45, 2.75) is 38.4 Å². The van der Waals surface area contributed by atoms with Crippen LogP contribution in [0, 0.1) is 12.8 Å². The zero-order valence-electron chi connectivity index (χ0n) is 6.43. The van der Waals surface area contributed by atoms with Crippen LogP contribution < -0.4 is 0 Å². The van der Waals surface area contributed by atoms with E-state index in [0.717, 1.165) is 12.3 Å². The summed E-state index contributed by atoms with van der Waals surface area (Å²) in [5, 5.41) is 0.521. The molecule has 0 fully saturated rings. The van der Waals surface area contributed by atoms with E-state index >= 15 is 0 Å². The molecule has 55 valence electrons. The highest BCUT2D eigenvalue weighted by Gasteiger charge is 2.00. The van der Waals surface area contributed by atoms with Crippen molar-refractivity contribution in [3.05, 3.63) is 6.92 Å². The van der Waals surface area contributed by atoms with Gasteiger partial charge in [-0.25, -0.2) is 0 Å². The molecule has 0 saturated carbocycles. The van der Waals surface area contributed by atoms with Gasteiger partial charge in [0.2, 0.25) is 0 Å². The average Bonchev–Trinajstić information content (AvgIpc) is 1.83. The summed E-state index contributed by atoms with van der Waals surface area (Å²) in [7, 11) is 0. The molecule has 0 aromatic heterocycles. The van der Waals surface area contributed by atoms with Crippen molar-refractivity contribution in [1.29, 1.82) is 0 Å². The van der Waals surface area contributed by atoms with E-state index in [2.05, 4.69) is 33.4 Å². The minimum atomic E-state index is 0.521. The number of thiol groups is 1. The van der Waals surface area contributed by atoms with Crippen molar-refractivity contribution in [2.24, 2.45) is 5.92 Å². The molecule has 0 amide bonds. The van der Waals surface area contributed by atoms with E-state index < -0.39 is 0 Å². The summed E-state index contributed by atoms with van der Waals surface area (Å²) in [6.07, 6.45) is 3.45. The first-order valence-corrected chi connectivity index (χ1v) is 4.15. The van der Waals surface area contributed by atoms with Crippen molar-refractivity contribution in [3.8, 4) is 0 Å². The molecule has 0 aromatic rings. The Balaban J connectivity index is 3.06. The fraction of sp³-hybridized carbons (Fsp3) is 0.875. The van der Waals surface area contributed by atoms with Gasteiger partial charge in [-0.05, 0) is 25.2 Å². The highest BCUT2D eigenvalue weighted by molar-refractivity contribution is 7.80. The Labute approximate surface area is 64.4 Å². The summed E-state index contributed by atoms with van der Waals surface area (Å²) in [5.41, 5.74) is 0. The molecule has 1 radical (unpaired) electrons. The number of hydrogen-bond donors (Lipinski definition) is 1. The van der Waals surface area contributed by atoms with Crippen LogP contribution in [0.25, 0.3) is 0 Å². The fourth-order valence-corrected chi connectivity index (χ4v) is 0.819. The van der Waals surface area contributed by atoms with Gasteiger partial charge in [-0.15, -0.1) is 0 Å². The van der Waals surface area contributed by atoms with Crippen molar-refractivity contribution in [1.82, 2.24) is 0 Å². The van der Waals surface area contributed by atoms with Crippen LogP contribution in [0.2, 0.25) is 0 Å². The van der Waals surface area contributed by atoms with Crippen LogP contribution in [0.5, 0.6) is 0 Å². The van der Waals surface area contributed by atoms with E-state index in [1.807, 2.05) is 0 Å². The molecule has 0 N–H and O–H groups in total. The van der Waals surface area contributed by atoms with Crippen LogP contribution in [-0.2, 0) is 0 Å². The molecule has 0 nitrogen and oxygen atoms in total. The molecule has 0 saturated heterocycles. The second kappa shape index (κ2) is 5.16. The van der Waals surface area contributed by atoms with Gasteiger partial charge in [0.15, 0.2) is 0 Å². The quantitative estimate of drug-likeness (QED) is 0.578. The molecule has 0 aliphatic carbocycles. The first kappa shape index (κ1) is 9.35. The standard InChI is InChI=1S/C8H17S/c1-4-8(9)6-5-7(2)3/h7-9H,1,4-6H2,2-3H3. The van der Waals surface area contributed by atoms with Gasteiger partial charge in [-0.3, -0.25) is 0 Å². The normalized spacial score (nSPS) is 14.3. The molecular weight excluding hydrogens is 128 g/mol. The maximum absolute atomic E-state index is 4.34. The van der Waals surface area contributed by atoms with Gasteiger partial charge in [-0.1, -0.05) is 20.8 Å². The van der Waals surface area contributed by atoms with Crippen molar-refractivity contribution in [3.63, 3.8) is 0 Å². The van der Waals surface area contributed by atoms with Gasteiger partial charge < -0.3 is 0 Å². The Bertz CT molecular complexity index is 59.6. The summed E-state index contributed by atoms with van der Waals surface area (Å²) in [4.78, 5) is 0. The molecule has 1 unspecified atom stereocenters. The van der Waals surface area contributed by atoms with Crippen molar-refractivity contribution in [2.75, 3.05) is 0 Å². The van der Waals surface area contributed by atoms with Crippen LogP contribution in [0.4, 0.5) is 0 Å². The van der Waals surface area contributed by atoms with Gasteiger partial charge in [0, 0.05) is 5.25 Å². The third-order valence-corrected chi connectivity index (χ3v) is 1.93. The summed E-state index contributed by atoms with van der Waals surface area (Å²) in [5.74, 6) is 0.811. The molecular formula is C8H17S. The van der Waals surface area contributed by atoms with Gasteiger partial charge in [0.1, 0.15) is 0 Å². The fourth-order valence-electron chi connectivity index (χ4n) is 0.670. The number of hydrogen-bond acceptors (Lipinski definition) is 1. The maximum atomic E-state index is 4.34. The first-order chi connectivity index (χ1) is 4.16. The summed E-state index contributed by atoms with van der Waals surface area (Å²) < 4.78 is 0. The van der Waals surface area contributed by atoms with E-state index in [1.54, 1.807) is 0 Å². The lowest BCUT2D eigenvalue weighted by Crippen LogP contribution is -1.98. The zero-order valence-corrected chi connectivity index (χ0v) is 7.32. The summed E-state index contributed by atoms with van der Waals surface area (Å²) >= 11 is 4.34. The predicted molar refractivity (Wildman–Crippen MR) is 46.8 cm³/mol. The van der Waals surface area contributed by atoms with Gasteiger partial charge in [0.25, 0.3) is 0 Å². The monoisotopic (exact) mass is 145 g/mol. The van der Waals surface area contributed by atoms with E-state index in [1.165, 1.54) is 12.8 Å². The summed E-state index contributed by atoms with van der Waals surface area (Å²) in [6, 6.07) is 0. The third-order valence-electron chi connectivity index (χ3n) is 1.41. The Kier molecular flexibility index (Phi) is 5.36. The van der Waals surface area contributed by atoms with Crippen LogP contribution in [0.3, 0.4) is 0 Å². The van der Waals surface area contributed by atoms with Gasteiger partial charge in [0.05, 0.1) is 0 Å². The zero-order chi connectivity index (χ0) is 7.28. The molecule has 1 atom stereocenters. The van der Waals surface area contributed by atoms with E-state index in [9.17, 15) is 0 Å². The predicted octanol–water partition coefficient (Wildman–Crippen LogP) is 2.95. The van der Waals surface area contributed by atoms with Crippen LogP contribution in [0.1, 0.15) is 33.1 Å². The first-order valence-electron chi connectivity index (χ1n) is 3.64. The van der Waals surface area contributed by atoms with Crippen LogP contribution >= 0.6 is 12.6 Å². The van der Waals surface area contributed by atoms with E-state index in [4.69, 9.17) is 0 Å². The van der Waals surface area contributed by atoms with Gasteiger partial charge >= 0.3 is 0 Å². The Hall–Kier alpha value is 0.350. The molecule has 9 heavy (non-hydrogen) atoms. The number of rotatable bonds is 4. The molecule has 1 heteroatoms. The lowest BCUT2D eigenvalue weighted by molar-refractivity contribution is 0.547. The highest BCUT2D eigenvalue weighted by Crippen LogP contribution is 2.12. The Morgan fingerprint density at radius 2 is 1.89 bits per heavy atom. The Morgan fingerprint density at radius 1 is 1.33 bits per heavy atom. The lowest BCUT2D eigenvalue weighted by Gasteiger charge is -2.08. The smallest absolute Gasteiger partial charge is 0.00169 e. The minimum Gasteiger partial charge on any atom is -0.176 e. The molecule has 0 aromatic carbocycles. The minimum absolute atomic E-state index is 0.521. The molecule has 0 aliphatic heterocycles. The van der Waals surface area contributed by atoms with E-state index in [-0.39, 0.29) is 0 Å². The Morgan fingerprint density at radius 3 is 2.22 bits per heavy atom. The lowest BCUT2D eigenvalue weighted by atomic mass is 10.1. The van der Waals surface area contributed by atoms with Gasteiger partial charge in [-0.2, -0.15) is 12.6 Å². The topological polar surface area (TPSA) is 0 Å². The van der Waals surface area contributed by atoms with Crippen molar-refractivity contribution >= 4 is 12.6 Å². The average molecular weight is 145 g/mol. The third kappa shape index (κ3) is 6.23. The second-order valence-electron chi connectivity index (χ2n) is 2.91.